The molecule has 1 aliphatic carbocycles. The van der Waals surface area contributed by atoms with Crippen LogP contribution in [0.5, 0.6) is 0 Å². The van der Waals surface area contributed by atoms with Crippen molar-refractivity contribution in [2.75, 3.05) is 0 Å². The molecule has 1 fully saturated rings. The van der Waals surface area contributed by atoms with Gasteiger partial charge in [0.05, 0.1) is 12.2 Å². The number of aromatic nitrogens is 2. The Morgan fingerprint density at radius 1 is 1.50 bits per heavy atom. The predicted molar refractivity (Wildman–Crippen MR) is 73.3 cm³/mol. The molecule has 0 radical (unpaired) electrons. The van der Waals surface area contributed by atoms with Gasteiger partial charge in [-0.15, -0.1) is 0 Å². The fraction of sp³-hybridized carbons (Fsp3) is 0.692. The van der Waals surface area contributed by atoms with Gasteiger partial charge in [0.15, 0.2) is 5.96 Å². The van der Waals surface area contributed by atoms with Crippen molar-refractivity contribution in [3.63, 3.8) is 0 Å². The highest BCUT2D eigenvalue weighted by atomic mass is 15.3. The van der Waals surface area contributed by atoms with E-state index in [1.165, 1.54) is 32.1 Å². The summed E-state index contributed by atoms with van der Waals surface area (Å²) in [7, 11) is 1.92. The highest BCUT2D eigenvalue weighted by molar-refractivity contribution is 5.78. The van der Waals surface area contributed by atoms with E-state index in [1.807, 2.05) is 24.9 Å². The molecule has 1 saturated carbocycles. The molecule has 0 aliphatic heterocycles. The fourth-order valence-electron chi connectivity index (χ4n) is 2.48. The standard InChI is InChI=1S/C13H23N5/c1-10-11(9-18(2)17-10)8-15-13(14)16-12-6-4-3-5-7-12/h9,12H,3-8H2,1-2H3,(H3,14,15,16). The van der Waals surface area contributed by atoms with Crippen molar-refractivity contribution in [1.82, 2.24) is 15.1 Å². The quantitative estimate of drug-likeness (QED) is 0.629. The second kappa shape index (κ2) is 5.89. The van der Waals surface area contributed by atoms with Crippen LogP contribution in [-0.4, -0.2) is 21.8 Å². The molecule has 0 aromatic carbocycles. The minimum Gasteiger partial charge on any atom is -0.370 e. The van der Waals surface area contributed by atoms with Crippen molar-refractivity contribution in [1.29, 1.82) is 0 Å². The Kier molecular flexibility index (Phi) is 4.23. The molecule has 0 unspecified atom stereocenters. The van der Waals surface area contributed by atoms with Gasteiger partial charge in [0.25, 0.3) is 0 Å². The molecule has 5 nitrogen and oxygen atoms in total. The van der Waals surface area contributed by atoms with E-state index >= 15 is 0 Å². The topological polar surface area (TPSA) is 68.2 Å². The molecule has 0 spiro atoms. The Hall–Kier alpha value is -1.52. The normalized spacial score (nSPS) is 18.0. The number of hydrogen-bond donors (Lipinski definition) is 2. The maximum Gasteiger partial charge on any atom is 0.189 e. The van der Waals surface area contributed by atoms with Gasteiger partial charge >= 0.3 is 0 Å². The molecule has 0 saturated heterocycles. The van der Waals surface area contributed by atoms with Gasteiger partial charge in [-0.2, -0.15) is 5.10 Å². The zero-order valence-electron chi connectivity index (χ0n) is 11.3. The molecule has 1 aromatic heterocycles. The van der Waals surface area contributed by atoms with Gasteiger partial charge in [0, 0.05) is 24.8 Å². The lowest BCUT2D eigenvalue weighted by atomic mass is 9.96. The van der Waals surface area contributed by atoms with Gasteiger partial charge in [-0.3, -0.25) is 4.68 Å². The third kappa shape index (κ3) is 3.48. The van der Waals surface area contributed by atoms with Crippen molar-refractivity contribution < 1.29 is 0 Å². The number of aryl methyl sites for hydroxylation is 2. The van der Waals surface area contributed by atoms with E-state index in [1.54, 1.807) is 0 Å². The molecule has 3 N–H and O–H groups in total. The molecular formula is C13H23N5. The SMILES string of the molecule is Cc1nn(C)cc1CN=C(N)NC1CCCCC1. The summed E-state index contributed by atoms with van der Waals surface area (Å²) >= 11 is 0. The summed E-state index contributed by atoms with van der Waals surface area (Å²) in [6.45, 7) is 2.60. The van der Waals surface area contributed by atoms with Crippen LogP contribution in [0.3, 0.4) is 0 Å². The molecule has 1 aliphatic rings. The van der Waals surface area contributed by atoms with Crippen LogP contribution in [0.4, 0.5) is 0 Å². The van der Waals surface area contributed by atoms with Crippen LogP contribution in [-0.2, 0) is 13.6 Å². The highest BCUT2D eigenvalue weighted by Gasteiger charge is 2.13. The lowest BCUT2D eigenvalue weighted by Gasteiger charge is -2.23. The average molecular weight is 249 g/mol. The minimum atomic E-state index is 0.512. The van der Waals surface area contributed by atoms with Crippen molar-refractivity contribution in [2.45, 2.75) is 51.6 Å². The number of nitrogens with two attached hydrogens (primary N) is 1. The zero-order chi connectivity index (χ0) is 13.0. The second-order valence-corrected chi connectivity index (χ2v) is 5.09. The maximum atomic E-state index is 5.92. The summed E-state index contributed by atoms with van der Waals surface area (Å²) in [6.07, 6.45) is 8.36. The lowest BCUT2D eigenvalue weighted by Crippen LogP contribution is -2.41. The lowest BCUT2D eigenvalue weighted by molar-refractivity contribution is 0.412. The van der Waals surface area contributed by atoms with E-state index in [0.717, 1.165) is 11.3 Å². The van der Waals surface area contributed by atoms with E-state index in [9.17, 15) is 0 Å². The Labute approximate surface area is 108 Å². The van der Waals surface area contributed by atoms with Crippen LogP contribution in [0.25, 0.3) is 0 Å². The van der Waals surface area contributed by atoms with Gasteiger partial charge in [-0.25, -0.2) is 4.99 Å². The number of rotatable bonds is 3. The Bertz CT molecular complexity index is 415. The molecule has 1 aromatic rings. The molecule has 0 atom stereocenters. The van der Waals surface area contributed by atoms with Gasteiger partial charge in [0.1, 0.15) is 0 Å². The van der Waals surface area contributed by atoms with Gasteiger partial charge < -0.3 is 11.1 Å². The first-order valence-electron chi connectivity index (χ1n) is 6.70. The third-order valence-electron chi connectivity index (χ3n) is 3.49. The first-order chi connectivity index (χ1) is 8.65. The average Bonchev–Trinajstić information content (AvgIpc) is 2.66. The molecular weight excluding hydrogens is 226 g/mol. The summed E-state index contributed by atoms with van der Waals surface area (Å²) in [5.41, 5.74) is 8.07. The Morgan fingerprint density at radius 3 is 2.83 bits per heavy atom. The monoisotopic (exact) mass is 249 g/mol. The largest absolute Gasteiger partial charge is 0.370 e. The van der Waals surface area contributed by atoms with Crippen molar-refractivity contribution in [2.24, 2.45) is 17.8 Å². The number of guanidine groups is 1. The van der Waals surface area contributed by atoms with Crippen LogP contribution in [0, 0.1) is 6.92 Å². The first-order valence-corrected chi connectivity index (χ1v) is 6.70. The van der Waals surface area contributed by atoms with Gasteiger partial charge in [-0.1, -0.05) is 19.3 Å². The van der Waals surface area contributed by atoms with Crippen molar-refractivity contribution in [3.8, 4) is 0 Å². The molecule has 5 heteroatoms. The molecule has 0 bridgehead atoms. The summed E-state index contributed by atoms with van der Waals surface area (Å²) in [5.74, 6) is 0.560. The molecule has 2 rings (SSSR count). The van der Waals surface area contributed by atoms with E-state index < -0.39 is 0 Å². The molecule has 18 heavy (non-hydrogen) atoms. The summed E-state index contributed by atoms with van der Waals surface area (Å²) < 4.78 is 1.81. The van der Waals surface area contributed by atoms with Crippen LogP contribution >= 0.6 is 0 Å². The third-order valence-corrected chi connectivity index (χ3v) is 3.49. The summed E-state index contributed by atoms with van der Waals surface area (Å²) in [6, 6.07) is 0.512. The smallest absolute Gasteiger partial charge is 0.189 e. The van der Waals surface area contributed by atoms with Crippen LogP contribution in [0.2, 0.25) is 0 Å². The van der Waals surface area contributed by atoms with Gasteiger partial charge in [0.2, 0.25) is 0 Å². The Morgan fingerprint density at radius 2 is 2.22 bits per heavy atom. The Balaban J connectivity index is 1.86. The van der Waals surface area contributed by atoms with Crippen LogP contribution in [0.15, 0.2) is 11.2 Å². The van der Waals surface area contributed by atoms with E-state index in [-0.39, 0.29) is 0 Å². The number of aliphatic imine (C=N–C) groups is 1. The number of nitrogens with one attached hydrogen (secondary N) is 1. The predicted octanol–water partition coefficient (Wildman–Crippen LogP) is 1.47. The van der Waals surface area contributed by atoms with Gasteiger partial charge in [-0.05, 0) is 19.8 Å². The van der Waals surface area contributed by atoms with E-state index in [2.05, 4.69) is 15.4 Å². The van der Waals surface area contributed by atoms with Crippen molar-refractivity contribution in [3.05, 3.63) is 17.5 Å². The number of nitrogens with zero attached hydrogens (tertiary/aromatic N) is 3. The minimum absolute atomic E-state index is 0.512. The molecule has 100 valence electrons. The summed E-state index contributed by atoms with van der Waals surface area (Å²) in [4.78, 5) is 4.39. The van der Waals surface area contributed by atoms with E-state index in [4.69, 9.17) is 5.73 Å². The maximum absolute atomic E-state index is 5.92. The molecule has 0 amide bonds. The highest BCUT2D eigenvalue weighted by Crippen LogP contribution is 2.17. The second-order valence-electron chi connectivity index (χ2n) is 5.09. The van der Waals surface area contributed by atoms with Crippen molar-refractivity contribution >= 4 is 5.96 Å². The molecule has 1 heterocycles. The number of hydrogen-bond acceptors (Lipinski definition) is 2. The fourth-order valence-corrected chi connectivity index (χ4v) is 2.48. The van der Waals surface area contributed by atoms with E-state index in [0.29, 0.717) is 18.5 Å². The van der Waals surface area contributed by atoms with Crippen LogP contribution < -0.4 is 11.1 Å². The first kappa shape index (κ1) is 12.9. The summed E-state index contributed by atoms with van der Waals surface area (Å²) in [5, 5.41) is 7.61. The van der Waals surface area contributed by atoms with Crippen LogP contribution in [0.1, 0.15) is 43.4 Å². The zero-order valence-corrected chi connectivity index (χ0v) is 11.3.